The second kappa shape index (κ2) is 8.30. The van der Waals surface area contributed by atoms with Gasteiger partial charge in [0.1, 0.15) is 5.69 Å². The number of halogens is 1. The number of allylic oxidation sites excluding steroid dienone is 1. The number of benzene rings is 1. The Hall–Kier alpha value is -3.42. The minimum absolute atomic E-state index is 0.0450. The van der Waals surface area contributed by atoms with Gasteiger partial charge in [-0.25, -0.2) is 4.39 Å². The summed E-state index contributed by atoms with van der Waals surface area (Å²) >= 11 is 0. The third-order valence-electron chi connectivity index (χ3n) is 4.79. The van der Waals surface area contributed by atoms with E-state index in [9.17, 15) is 23.9 Å². The normalized spacial score (nSPS) is 14.7. The van der Waals surface area contributed by atoms with Gasteiger partial charge in [0.15, 0.2) is 17.3 Å². The lowest BCUT2D eigenvalue weighted by Gasteiger charge is -2.35. The number of rotatable bonds is 7. The number of carboxylic acids is 1. The minimum Gasteiger partial charge on any atom is -0.494 e. The van der Waals surface area contributed by atoms with Crippen LogP contribution in [0.25, 0.3) is 6.08 Å². The molecule has 2 aromatic rings. The number of aromatic nitrogens is 1. The summed E-state index contributed by atoms with van der Waals surface area (Å²) in [6.07, 6.45) is 4.45. The maximum Gasteiger partial charge on any atom is 0.305 e. The lowest BCUT2D eigenvalue weighted by Crippen LogP contribution is -2.43. The van der Waals surface area contributed by atoms with E-state index in [0.29, 0.717) is 23.4 Å². The number of fused-ring (bicyclic) bond motifs is 1. The summed E-state index contributed by atoms with van der Waals surface area (Å²) in [6, 6.07) is 5.02. The Bertz CT molecular complexity index is 995. The molecule has 1 N–H and O–H groups in total. The predicted molar refractivity (Wildman–Crippen MR) is 103 cm³/mol. The summed E-state index contributed by atoms with van der Waals surface area (Å²) in [5.41, 5.74) is 1.48. The van der Waals surface area contributed by atoms with Crippen molar-refractivity contribution in [1.29, 1.82) is 0 Å². The average molecular weight is 400 g/mol. The quantitative estimate of drug-likeness (QED) is 0.722. The molecule has 8 heteroatoms. The van der Waals surface area contributed by atoms with Crippen molar-refractivity contribution in [2.24, 2.45) is 0 Å². The first-order chi connectivity index (χ1) is 13.8. The molecule has 1 unspecified atom stereocenters. The van der Waals surface area contributed by atoms with E-state index in [4.69, 9.17) is 4.74 Å². The third-order valence-corrected chi connectivity index (χ3v) is 4.79. The summed E-state index contributed by atoms with van der Waals surface area (Å²) < 4.78 is 20.9. The van der Waals surface area contributed by atoms with Crippen molar-refractivity contribution in [1.82, 2.24) is 9.47 Å². The molecule has 0 saturated heterocycles. The molecule has 0 radical (unpaired) electrons. The molecule has 7 nitrogen and oxygen atoms in total. The Morgan fingerprint density at radius 3 is 2.69 bits per heavy atom. The number of ether oxygens (including phenoxy) is 1. The Morgan fingerprint density at radius 2 is 2.07 bits per heavy atom. The fraction of sp³-hybridized carbons (Fsp3) is 0.286. The Balaban J connectivity index is 1.94. The molecule has 29 heavy (non-hydrogen) atoms. The number of hydrogen-bond donors (Lipinski definition) is 1. The number of ketones is 1. The van der Waals surface area contributed by atoms with E-state index in [-0.39, 0.29) is 30.4 Å². The Kier molecular flexibility index (Phi) is 5.81. The molecule has 0 fully saturated rings. The molecule has 1 atom stereocenters. The minimum atomic E-state index is -1.09. The Labute approximate surface area is 167 Å². The SMILES string of the molecule is COc1ccc(C(CC(=O)O)N2CCn3cc(/C=C/C(C)=O)cc3C2=O)cc1F. The van der Waals surface area contributed by atoms with Crippen LogP contribution in [0.15, 0.2) is 36.5 Å². The molecule has 1 amide bonds. The van der Waals surface area contributed by atoms with Crippen LogP contribution in [0.1, 0.15) is 41.0 Å². The van der Waals surface area contributed by atoms with Gasteiger partial charge in [0.2, 0.25) is 0 Å². The zero-order valence-corrected chi connectivity index (χ0v) is 16.1. The standard InChI is InChI=1S/C21H21FN2O5/c1-13(25)3-4-14-9-18-21(28)24(8-7-23(18)12-14)17(11-20(26)27)15-5-6-19(29-2)16(22)10-15/h3-6,9-10,12,17H,7-8,11H2,1-2H3,(H,26,27)/b4-3+. The van der Waals surface area contributed by atoms with Crippen LogP contribution in [-0.2, 0) is 16.1 Å². The molecule has 0 aliphatic carbocycles. The lowest BCUT2D eigenvalue weighted by atomic mass is 10.00. The topological polar surface area (TPSA) is 88.8 Å². The highest BCUT2D eigenvalue weighted by Crippen LogP contribution is 2.31. The second-order valence-corrected chi connectivity index (χ2v) is 6.80. The zero-order chi connectivity index (χ0) is 21.1. The van der Waals surface area contributed by atoms with Crippen molar-refractivity contribution >= 4 is 23.7 Å². The first-order valence-electron chi connectivity index (χ1n) is 9.05. The van der Waals surface area contributed by atoms with Crippen LogP contribution in [0.2, 0.25) is 0 Å². The van der Waals surface area contributed by atoms with Crippen molar-refractivity contribution in [2.75, 3.05) is 13.7 Å². The van der Waals surface area contributed by atoms with E-state index in [2.05, 4.69) is 0 Å². The monoisotopic (exact) mass is 400 g/mol. The highest BCUT2D eigenvalue weighted by Gasteiger charge is 2.33. The predicted octanol–water partition coefficient (Wildman–Crippen LogP) is 2.91. The smallest absolute Gasteiger partial charge is 0.305 e. The van der Waals surface area contributed by atoms with Gasteiger partial charge < -0.3 is 19.3 Å². The summed E-state index contributed by atoms with van der Waals surface area (Å²) in [6.45, 7) is 2.18. The first-order valence-corrected chi connectivity index (χ1v) is 9.05. The highest BCUT2D eigenvalue weighted by molar-refractivity contribution is 5.96. The van der Waals surface area contributed by atoms with Gasteiger partial charge >= 0.3 is 5.97 Å². The van der Waals surface area contributed by atoms with Crippen molar-refractivity contribution in [3.63, 3.8) is 0 Å². The number of hydrogen-bond acceptors (Lipinski definition) is 4. The van der Waals surface area contributed by atoms with Gasteiger partial charge in [0.05, 0.1) is 19.6 Å². The molecule has 1 aromatic heterocycles. The highest BCUT2D eigenvalue weighted by atomic mass is 19.1. The van der Waals surface area contributed by atoms with Crippen LogP contribution < -0.4 is 4.74 Å². The largest absolute Gasteiger partial charge is 0.494 e. The second-order valence-electron chi connectivity index (χ2n) is 6.80. The van der Waals surface area contributed by atoms with Crippen LogP contribution in [0.4, 0.5) is 4.39 Å². The molecule has 3 rings (SSSR count). The number of nitrogens with zero attached hydrogens (tertiary/aromatic N) is 2. The lowest BCUT2D eigenvalue weighted by molar-refractivity contribution is -0.138. The zero-order valence-electron chi connectivity index (χ0n) is 16.1. The number of carbonyl (C=O) groups is 3. The number of aliphatic carboxylic acids is 1. The van der Waals surface area contributed by atoms with Crippen molar-refractivity contribution in [3.05, 3.63) is 59.2 Å². The van der Waals surface area contributed by atoms with Gasteiger partial charge in [-0.1, -0.05) is 6.07 Å². The first kappa shape index (κ1) is 20.3. The number of carbonyl (C=O) groups excluding carboxylic acids is 2. The molecule has 1 aromatic carbocycles. The Morgan fingerprint density at radius 1 is 1.31 bits per heavy atom. The van der Waals surface area contributed by atoms with Crippen LogP contribution in [-0.4, -0.2) is 45.9 Å². The molecule has 1 aliphatic heterocycles. The fourth-order valence-electron chi connectivity index (χ4n) is 3.43. The molecule has 0 saturated carbocycles. The molecule has 152 valence electrons. The van der Waals surface area contributed by atoms with Gasteiger partial charge in [-0.2, -0.15) is 0 Å². The summed E-state index contributed by atoms with van der Waals surface area (Å²) in [5.74, 6) is -2.12. The van der Waals surface area contributed by atoms with Crippen molar-refractivity contribution in [2.45, 2.75) is 25.9 Å². The van der Waals surface area contributed by atoms with Crippen LogP contribution >= 0.6 is 0 Å². The maximum atomic E-state index is 14.2. The van der Waals surface area contributed by atoms with Crippen LogP contribution in [0, 0.1) is 5.82 Å². The molecule has 0 spiro atoms. The van der Waals surface area contributed by atoms with Gasteiger partial charge in [0, 0.05) is 19.3 Å². The number of carboxylic acid groups (broad SMARTS) is 1. The average Bonchev–Trinajstić information content (AvgIpc) is 3.09. The molecule has 0 bridgehead atoms. The van der Waals surface area contributed by atoms with Gasteiger partial charge in [0.25, 0.3) is 5.91 Å². The van der Waals surface area contributed by atoms with Crippen molar-refractivity contribution < 1.29 is 28.6 Å². The van der Waals surface area contributed by atoms with Crippen molar-refractivity contribution in [3.8, 4) is 5.75 Å². The third kappa shape index (κ3) is 4.37. The summed E-state index contributed by atoms with van der Waals surface area (Å²) in [5, 5.41) is 9.35. The molecule has 2 heterocycles. The van der Waals surface area contributed by atoms with E-state index in [1.807, 2.05) is 0 Å². The number of methoxy groups -OCH3 is 1. The van der Waals surface area contributed by atoms with E-state index in [1.54, 1.807) is 29.0 Å². The van der Waals surface area contributed by atoms with Crippen LogP contribution in [0.5, 0.6) is 5.75 Å². The van der Waals surface area contributed by atoms with Gasteiger partial charge in [-0.15, -0.1) is 0 Å². The van der Waals surface area contributed by atoms with Crippen LogP contribution in [0.3, 0.4) is 0 Å². The van der Waals surface area contributed by atoms with E-state index >= 15 is 0 Å². The van der Waals surface area contributed by atoms with E-state index < -0.39 is 17.8 Å². The number of amides is 1. The molecular formula is C21H21FN2O5. The summed E-state index contributed by atoms with van der Waals surface area (Å²) in [7, 11) is 1.34. The van der Waals surface area contributed by atoms with E-state index in [0.717, 1.165) is 0 Å². The van der Waals surface area contributed by atoms with E-state index in [1.165, 1.54) is 37.1 Å². The summed E-state index contributed by atoms with van der Waals surface area (Å²) in [4.78, 5) is 37.1. The molecule has 1 aliphatic rings. The van der Waals surface area contributed by atoms with Gasteiger partial charge in [-0.05, 0) is 48.4 Å². The molecular weight excluding hydrogens is 379 g/mol. The maximum absolute atomic E-state index is 14.2. The fourth-order valence-corrected chi connectivity index (χ4v) is 3.43. The van der Waals surface area contributed by atoms with Gasteiger partial charge in [-0.3, -0.25) is 14.4 Å².